The molecule has 0 N–H and O–H groups in total. The second-order valence-corrected chi connectivity index (χ2v) is 3.15. The quantitative estimate of drug-likeness (QED) is 0.617. The standard InChI is InChI=1S/C7H3ClF6N2O/c8-3-1-4(16-2-15-3)17-5(6(9,10)11)7(12,13)14/h1-2,5H. The monoisotopic (exact) mass is 280 g/mol. The van der Waals surface area contributed by atoms with E-state index in [1.165, 1.54) is 0 Å². The van der Waals surface area contributed by atoms with Crippen LogP contribution in [-0.2, 0) is 0 Å². The van der Waals surface area contributed by atoms with Crippen molar-refractivity contribution >= 4 is 11.6 Å². The summed E-state index contributed by atoms with van der Waals surface area (Å²) in [6.45, 7) is 0. The molecule has 0 aliphatic rings. The Bertz CT molecular complexity index is 379. The van der Waals surface area contributed by atoms with Gasteiger partial charge in [0.05, 0.1) is 0 Å². The number of aromatic nitrogens is 2. The van der Waals surface area contributed by atoms with Crippen LogP contribution in [0.1, 0.15) is 0 Å². The van der Waals surface area contributed by atoms with Crippen LogP contribution < -0.4 is 4.74 Å². The lowest BCUT2D eigenvalue weighted by Gasteiger charge is -2.23. The van der Waals surface area contributed by atoms with Crippen molar-refractivity contribution in [1.29, 1.82) is 0 Å². The summed E-state index contributed by atoms with van der Waals surface area (Å²) in [5.74, 6) is -0.912. The van der Waals surface area contributed by atoms with Gasteiger partial charge in [-0.25, -0.2) is 9.97 Å². The van der Waals surface area contributed by atoms with E-state index in [9.17, 15) is 26.3 Å². The molecule has 1 aromatic heterocycles. The third-order valence-electron chi connectivity index (χ3n) is 1.44. The average Bonchev–Trinajstić information content (AvgIpc) is 2.10. The van der Waals surface area contributed by atoms with Crippen LogP contribution >= 0.6 is 11.6 Å². The maximum absolute atomic E-state index is 12.1. The number of hydrogen-bond acceptors (Lipinski definition) is 3. The third kappa shape index (κ3) is 3.91. The Kier molecular flexibility index (Phi) is 3.70. The smallest absolute Gasteiger partial charge is 0.434 e. The first-order valence-electron chi connectivity index (χ1n) is 3.88. The van der Waals surface area contributed by atoms with Crippen LogP contribution in [-0.4, -0.2) is 28.4 Å². The van der Waals surface area contributed by atoms with E-state index < -0.39 is 24.3 Å². The summed E-state index contributed by atoms with van der Waals surface area (Å²) in [5.41, 5.74) is 0. The van der Waals surface area contributed by atoms with E-state index >= 15 is 0 Å². The van der Waals surface area contributed by atoms with Crippen LogP contribution in [0, 0.1) is 0 Å². The van der Waals surface area contributed by atoms with E-state index in [1.54, 1.807) is 0 Å². The summed E-state index contributed by atoms with van der Waals surface area (Å²) < 4.78 is 76.2. The molecule has 1 heterocycles. The normalized spacial score (nSPS) is 12.9. The molecule has 1 aromatic rings. The Hall–Kier alpha value is -1.25. The topological polar surface area (TPSA) is 35.0 Å². The Morgan fingerprint density at radius 2 is 1.59 bits per heavy atom. The molecule has 0 fully saturated rings. The highest BCUT2D eigenvalue weighted by Gasteiger charge is 2.59. The van der Waals surface area contributed by atoms with Crippen molar-refractivity contribution in [2.75, 3.05) is 0 Å². The number of hydrogen-bond donors (Lipinski definition) is 0. The van der Waals surface area contributed by atoms with Crippen LogP contribution in [0.15, 0.2) is 12.4 Å². The minimum absolute atomic E-state index is 0.335. The lowest BCUT2D eigenvalue weighted by molar-refractivity contribution is -0.300. The molecule has 0 atom stereocenters. The fraction of sp³-hybridized carbons (Fsp3) is 0.429. The van der Waals surface area contributed by atoms with E-state index in [0.29, 0.717) is 12.4 Å². The van der Waals surface area contributed by atoms with Crippen molar-refractivity contribution in [3.8, 4) is 5.88 Å². The Morgan fingerprint density at radius 1 is 1.06 bits per heavy atom. The molecule has 1 rings (SSSR count). The second-order valence-electron chi connectivity index (χ2n) is 2.76. The first-order chi connectivity index (χ1) is 7.60. The van der Waals surface area contributed by atoms with E-state index in [4.69, 9.17) is 11.6 Å². The lowest BCUT2D eigenvalue weighted by atomic mass is 10.3. The maximum Gasteiger partial charge on any atom is 0.434 e. The molecule has 10 heteroatoms. The first kappa shape index (κ1) is 13.8. The summed E-state index contributed by atoms with van der Waals surface area (Å²) in [6.07, 6.45) is -14.5. The van der Waals surface area contributed by atoms with Crippen molar-refractivity contribution in [3.05, 3.63) is 17.5 Å². The van der Waals surface area contributed by atoms with Crippen molar-refractivity contribution in [1.82, 2.24) is 9.97 Å². The molecule has 96 valence electrons. The Labute approximate surface area is 95.4 Å². The van der Waals surface area contributed by atoms with Gasteiger partial charge in [-0.05, 0) is 0 Å². The van der Waals surface area contributed by atoms with Crippen molar-refractivity contribution in [2.24, 2.45) is 0 Å². The SMILES string of the molecule is FC(F)(F)C(Oc1cc(Cl)ncn1)C(F)(F)F. The van der Waals surface area contributed by atoms with Gasteiger partial charge >= 0.3 is 12.4 Å². The van der Waals surface area contributed by atoms with Crippen LogP contribution in [0.2, 0.25) is 5.15 Å². The van der Waals surface area contributed by atoms with Gasteiger partial charge in [0.25, 0.3) is 6.10 Å². The molecule has 0 bridgehead atoms. The molecular formula is C7H3ClF6N2O. The van der Waals surface area contributed by atoms with Crippen LogP contribution in [0.4, 0.5) is 26.3 Å². The highest BCUT2D eigenvalue weighted by molar-refractivity contribution is 6.29. The van der Waals surface area contributed by atoms with Gasteiger partial charge in [0, 0.05) is 6.07 Å². The van der Waals surface area contributed by atoms with Gasteiger partial charge < -0.3 is 4.74 Å². The Morgan fingerprint density at radius 3 is 2.00 bits per heavy atom. The molecular weight excluding hydrogens is 278 g/mol. The van der Waals surface area contributed by atoms with Gasteiger partial charge in [0.15, 0.2) is 0 Å². The van der Waals surface area contributed by atoms with E-state index in [-0.39, 0.29) is 5.15 Å². The number of halogens is 7. The molecule has 0 spiro atoms. The highest BCUT2D eigenvalue weighted by Crippen LogP contribution is 2.36. The van der Waals surface area contributed by atoms with Gasteiger partial charge in [-0.2, -0.15) is 26.3 Å². The minimum Gasteiger partial charge on any atom is -0.455 e. The summed E-state index contributed by atoms with van der Waals surface area (Å²) in [4.78, 5) is 6.37. The van der Waals surface area contributed by atoms with Gasteiger partial charge in [-0.15, -0.1) is 0 Å². The molecule has 0 unspecified atom stereocenters. The van der Waals surface area contributed by atoms with Crippen LogP contribution in [0.3, 0.4) is 0 Å². The average molecular weight is 281 g/mol. The summed E-state index contributed by atoms with van der Waals surface area (Å²) in [6, 6.07) is 0.645. The zero-order valence-electron chi connectivity index (χ0n) is 7.68. The van der Waals surface area contributed by atoms with E-state index in [0.717, 1.165) is 0 Å². The van der Waals surface area contributed by atoms with Gasteiger partial charge in [0.2, 0.25) is 5.88 Å². The lowest BCUT2D eigenvalue weighted by Crippen LogP contribution is -2.46. The van der Waals surface area contributed by atoms with Crippen molar-refractivity contribution < 1.29 is 31.1 Å². The van der Waals surface area contributed by atoms with Crippen molar-refractivity contribution in [3.63, 3.8) is 0 Å². The van der Waals surface area contributed by atoms with Crippen LogP contribution in [0.25, 0.3) is 0 Å². The van der Waals surface area contributed by atoms with Gasteiger partial charge in [-0.1, -0.05) is 11.6 Å². The first-order valence-corrected chi connectivity index (χ1v) is 4.26. The summed E-state index contributed by atoms with van der Waals surface area (Å²) >= 11 is 5.26. The number of alkyl halides is 6. The molecule has 3 nitrogen and oxygen atoms in total. The molecule has 0 aliphatic carbocycles. The third-order valence-corrected chi connectivity index (χ3v) is 1.65. The molecule has 0 radical (unpaired) electrons. The zero-order valence-corrected chi connectivity index (χ0v) is 8.44. The number of ether oxygens (including phenoxy) is 1. The highest BCUT2D eigenvalue weighted by atomic mass is 35.5. The summed E-state index contributed by atoms with van der Waals surface area (Å²) in [7, 11) is 0. The van der Waals surface area contributed by atoms with Gasteiger partial charge in [-0.3, -0.25) is 0 Å². The number of rotatable bonds is 2. The van der Waals surface area contributed by atoms with Crippen molar-refractivity contribution in [2.45, 2.75) is 18.5 Å². The fourth-order valence-electron chi connectivity index (χ4n) is 0.822. The second kappa shape index (κ2) is 4.55. The molecule has 0 amide bonds. The predicted molar refractivity (Wildman–Crippen MR) is 43.6 cm³/mol. The largest absolute Gasteiger partial charge is 0.455 e. The van der Waals surface area contributed by atoms with Crippen LogP contribution in [0.5, 0.6) is 5.88 Å². The predicted octanol–water partition coefficient (Wildman–Crippen LogP) is 3.00. The molecule has 0 saturated carbocycles. The minimum atomic E-state index is -5.60. The Balaban J connectivity index is 2.96. The number of nitrogens with zero attached hydrogens (tertiary/aromatic N) is 2. The van der Waals surface area contributed by atoms with Gasteiger partial charge in [0.1, 0.15) is 11.5 Å². The molecule has 0 saturated heterocycles. The maximum atomic E-state index is 12.1. The van der Waals surface area contributed by atoms with E-state index in [1.807, 2.05) is 0 Å². The van der Waals surface area contributed by atoms with E-state index in [2.05, 4.69) is 14.7 Å². The fourth-order valence-corrected chi connectivity index (χ4v) is 0.959. The zero-order chi connectivity index (χ0) is 13.3. The molecule has 0 aliphatic heterocycles. The molecule has 17 heavy (non-hydrogen) atoms. The molecule has 0 aromatic carbocycles. The summed E-state index contributed by atoms with van der Waals surface area (Å²) in [5, 5.41) is -0.335.